The molecule has 6 atom stereocenters. The molecule has 0 aromatic rings. The molecule has 0 radical (unpaired) electrons. The van der Waals surface area contributed by atoms with Crippen LogP contribution in [0.3, 0.4) is 0 Å². The highest BCUT2D eigenvalue weighted by Crippen LogP contribution is 2.76. The second-order valence-electron chi connectivity index (χ2n) is 9.10. The van der Waals surface area contributed by atoms with E-state index in [1.54, 1.807) is 0 Å². The summed E-state index contributed by atoms with van der Waals surface area (Å²) in [4.78, 5) is 0. The van der Waals surface area contributed by atoms with Crippen LogP contribution in [0.1, 0.15) is 66.7 Å². The fourth-order valence-electron chi connectivity index (χ4n) is 6.66. The van der Waals surface area contributed by atoms with E-state index < -0.39 is 0 Å². The Hall–Kier alpha value is -0.0800. The van der Waals surface area contributed by atoms with E-state index in [1.165, 1.54) is 25.7 Å². The number of hydrogen-bond donors (Lipinski definition) is 0. The van der Waals surface area contributed by atoms with Gasteiger partial charge in [0.2, 0.25) is 0 Å². The minimum absolute atomic E-state index is 0.0471. The fraction of sp³-hybridized carbons (Fsp3) is 1.00. The van der Waals surface area contributed by atoms with Crippen molar-refractivity contribution in [2.24, 2.45) is 28.1 Å². The van der Waals surface area contributed by atoms with Crippen LogP contribution in [0.5, 0.6) is 0 Å². The first kappa shape index (κ1) is 13.6. The zero-order valence-electron chi connectivity index (χ0n) is 13.7. The lowest BCUT2D eigenvalue weighted by molar-refractivity contribution is -0.147. The zero-order chi connectivity index (χ0) is 14.3. The average Bonchev–Trinajstić information content (AvgIpc) is 2.99. The molecule has 0 N–H and O–H groups in total. The molecule has 0 amide bonds. The predicted octanol–water partition coefficient (Wildman–Crippen LogP) is 4.38. The van der Waals surface area contributed by atoms with Crippen LogP contribution in [0, 0.1) is 28.1 Å². The van der Waals surface area contributed by atoms with Gasteiger partial charge in [0, 0.05) is 0 Å². The highest BCUT2D eigenvalue weighted by molar-refractivity contribution is 5.20. The minimum atomic E-state index is 0.0471. The lowest BCUT2D eigenvalue weighted by atomic mass is 9.47. The summed E-state index contributed by atoms with van der Waals surface area (Å²) < 4.78 is 12.6. The molecule has 2 heteroatoms. The topological polar surface area (TPSA) is 18.5 Å². The SMILES string of the molecule is CCC1OC2CC(C)(C)C34CCC(C3)C(C)(C)C4C2O1. The largest absolute Gasteiger partial charge is 0.347 e. The maximum atomic E-state index is 6.38. The quantitative estimate of drug-likeness (QED) is 0.708. The van der Waals surface area contributed by atoms with Gasteiger partial charge in [-0.05, 0) is 60.2 Å². The molecule has 1 heterocycles. The first-order valence-electron chi connectivity index (χ1n) is 8.63. The van der Waals surface area contributed by atoms with Crippen molar-refractivity contribution in [2.45, 2.75) is 85.2 Å². The normalized spacial score (nSPS) is 54.8. The Morgan fingerprint density at radius 1 is 1.05 bits per heavy atom. The zero-order valence-corrected chi connectivity index (χ0v) is 13.7. The van der Waals surface area contributed by atoms with Crippen molar-refractivity contribution >= 4 is 0 Å². The Bertz CT molecular complexity index is 427. The summed E-state index contributed by atoms with van der Waals surface area (Å²) in [5.41, 5.74) is 1.33. The second-order valence-corrected chi connectivity index (χ2v) is 9.10. The van der Waals surface area contributed by atoms with Crippen molar-refractivity contribution in [1.82, 2.24) is 0 Å². The summed E-state index contributed by atoms with van der Waals surface area (Å²) >= 11 is 0. The standard InChI is InChI=1S/C18H30O2/c1-6-13-19-12-10-16(2,3)18-8-7-11(9-18)17(4,5)15(18)14(12)20-13/h11-15H,6-10H2,1-5H3. The highest BCUT2D eigenvalue weighted by atomic mass is 16.7. The van der Waals surface area contributed by atoms with Crippen molar-refractivity contribution in [2.75, 3.05) is 0 Å². The molecule has 20 heavy (non-hydrogen) atoms. The van der Waals surface area contributed by atoms with E-state index in [4.69, 9.17) is 9.47 Å². The van der Waals surface area contributed by atoms with Gasteiger partial charge in [-0.25, -0.2) is 0 Å². The number of ether oxygens (including phenoxy) is 2. The predicted molar refractivity (Wildman–Crippen MR) is 79.3 cm³/mol. The first-order chi connectivity index (χ1) is 9.32. The van der Waals surface area contributed by atoms with Crippen molar-refractivity contribution < 1.29 is 9.47 Å². The van der Waals surface area contributed by atoms with Crippen LogP contribution < -0.4 is 0 Å². The number of fused-ring (bicyclic) bond motifs is 3. The molecule has 114 valence electrons. The molecular formula is C18H30O2. The molecule has 4 fully saturated rings. The maximum absolute atomic E-state index is 6.38. The van der Waals surface area contributed by atoms with Gasteiger partial charge in [-0.1, -0.05) is 34.6 Å². The van der Waals surface area contributed by atoms with Gasteiger partial charge in [0.25, 0.3) is 0 Å². The maximum Gasteiger partial charge on any atom is 0.158 e. The lowest BCUT2D eigenvalue weighted by Crippen LogP contribution is -2.58. The van der Waals surface area contributed by atoms with Crippen LogP contribution in [0.25, 0.3) is 0 Å². The van der Waals surface area contributed by atoms with Gasteiger partial charge < -0.3 is 9.47 Å². The first-order valence-corrected chi connectivity index (χ1v) is 8.63. The van der Waals surface area contributed by atoms with Crippen LogP contribution in [-0.2, 0) is 9.47 Å². The minimum Gasteiger partial charge on any atom is -0.347 e. The molecule has 2 nitrogen and oxygen atoms in total. The summed E-state index contributed by atoms with van der Waals surface area (Å²) in [5.74, 6) is 1.59. The van der Waals surface area contributed by atoms with Gasteiger partial charge in [0.15, 0.2) is 6.29 Å². The molecule has 2 bridgehead atoms. The average molecular weight is 278 g/mol. The molecule has 6 unspecified atom stereocenters. The van der Waals surface area contributed by atoms with Gasteiger partial charge in [0.1, 0.15) is 0 Å². The summed E-state index contributed by atoms with van der Waals surface area (Å²) in [7, 11) is 0. The Morgan fingerprint density at radius 2 is 1.80 bits per heavy atom. The van der Waals surface area contributed by atoms with E-state index in [9.17, 15) is 0 Å². The van der Waals surface area contributed by atoms with E-state index in [0.29, 0.717) is 34.4 Å². The Balaban J connectivity index is 1.78. The molecule has 3 aliphatic carbocycles. The molecular weight excluding hydrogens is 248 g/mol. The number of hydrogen-bond acceptors (Lipinski definition) is 2. The Kier molecular flexibility index (Phi) is 2.59. The van der Waals surface area contributed by atoms with Gasteiger partial charge in [-0.2, -0.15) is 0 Å². The lowest BCUT2D eigenvalue weighted by Gasteiger charge is -2.58. The molecule has 4 rings (SSSR count). The number of rotatable bonds is 1. The van der Waals surface area contributed by atoms with E-state index >= 15 is 0 Å². The molecule has 4 aliphatic rings. The van der Waals surface area contributed by atoms with Gasteiger partial charge >= 0.3 is 0 Å². The van der Waals surface area contributed by atoms with Gasteiger partial charge in [-0.15, -0.1) is 0 Å². The van der Waals surface area contributed by atoms with E-state index in [0.717, 1.165) is 12.3 Å². The van der Waals surface area contributed by atoms with E-state index in [-0.39, 0.29) is 6.29 Å². The van der Waals surface area contributed by atoms with Crippen LogP contribution >= 0.6 is 0 Å². The molecule has 0 aromatic carbocycles. The molecule has 1 spiro atoms. The highest BCUT2D eigenvalue weighted by Gasteiger charge is 2.72. The third-order valence-electron chi connectivity index (χ3n) is 7.72. The molecule has 3 saturated carbocycles. The van der Waals surface area contributed by atoms with E-state index in [2.05, 4.69) is 34.6 Å². The van der Waals surface area contributed by atoms with Crippen molar-refractivity contribution in [3.05, 3.63) is 0 Å². The van der Waals surface area contributed by atoms with Crippen LogP contribution in [-0.4, -0.2) is 18.5 Å². The smallest absolute Gasteiger partial charge is 0.158 e. The third-order valence-corrected chi connectivity index (χ3v) is 7.72. The monoisotopic (exact) mass is 278 g/mol. The van der Waals surface area contributed by atoms with Crippen molar-refractivity contribution in [3.63, 3.8) is 0 Å². The summed E-state index contributed by atoms with van der Waals surface area (Å²) in [6.07, 6.45) is 7.19. The second kappa shape index (κ2) is 3.81. The summed E-state index contributed by atoms with van der Waals surface area (Å²) in [5, 5.41) is 0. The van der Waals surface area contributed by atoms with Crippen LogP contribution in [0.2, 0.25) is 0 Å². The van der Waals surface area contributed by atoms with Crippen LogP contribution in [0.15, 0.2) is 0 Å². The van der Waals surface area contributed by atoms with Crippen LogP contribution in [0.4, 0.5) is 0 Å². The summed E-state index contributed by atoms with van der Waals surface area (Å²) in [6.45, 7) is 12.2. The summed E-state index contributed by atoms with van der Waals surface area (Å²) in [6, 6.07) is 0. The molecule has 0 aromatic heterocycles. The van der Waals surface area contributed by atoms with Gasteiger partial charge in [0.05, 0.1) is 12.2 Å². The molecule has 1 saturated heterocycles. The molecule has 1 aliphatic heterocycles. The fourth-order valence-corrected chi connectivity index (χ4v) is 6.66. The third kappa shape index (κ3) is 1.38. The van der Waals surface area contributed by atoms with Gasteiger partial charge in [-0.3, -0.25) is 0 Å². The van der Waals surface area contributed by atoms with Crippen molar-refractivity contribution in [1.29, 1.82) is 0 Å². The Morgan fingerprint density at radius 3 is 2.50 bits per heavy atom. The van der Waals surface area contributed by atoms with Crippen molar-refractivity contribution in [3.8, 4) is 0 Å². The Labute approximate surface area is 123 Å². The van der Waals surface area contributed by atoms with E-state index in [1.807, 2.05) is 0 Å².